The number of phenolic OH excluding ortho intramolecular Hbond substituents is 1. The highest BCUT2D eigenvalue weighted by molar-refractivity contribution is 6.38. The second-order valence-corrected chi connectivity index (χ2v) is 8.68. The molecule has 174 valence electrons. The quantitative estimate of drug-likeness (QED) is 0.283. The molecule has 0 radical (unpaired) electrons. The van der Waals surface area contributed by atoms with Crippen molar-refractivity contribution < 1.29 is 24.1 Å². The number of hydrogen-bond donors (Lipinski definition) is 3. The Morgan fingerprint density at radius 2 is 1.85 bits per heavy atom. The van der Waals surface area contributed by atoms with E-state index in [2.05, 4.69) is 10.3 Å². The van der Waals surface area contributed by atoms with E-state index < -0.39 is 23.0 Å². The Morgan fingerprint density at radius 3 is 2.48 bits per heavy atom. The van der Waals surface area contributed by atoms with Gasteiger partial charge in [-0.3, -0.25) is 0 Å². The minimum Gasteiger partial charge on any atom is -0.508 e. The minimum atomic E-state index is -1.22. The molecule has 1 aromatic heterocycles. The van der Waals surface area contributed by atoms with Crippen molar-refractivity contribution in [2.75, 3.05) is 5.32 Å². The average Bonchev–Trinajstić information content (AvgIpc) is 2.76. The number of carbonyl (C=O) groups is 1. The minimum absolute atomic E-state index is 0.00738. The van der Waals surface area contributed by atoms with Crippen LogP contribution in [-0.4, -0.2) is 27.2 Å². The number of rotatable bonds is 8. The molecular formula is C23H20Cl3FN2O4. The molecule has 10 heteroatoms. The zero-order valence-corrected chi connectivity index (χ0v) is 19.8. The van der Waals surface area contributed by atoms with Crippen LogP contribution in [0.3, 0.4) is 0 Å². The van der Waals surface area contributed by atoms with E-state index in [1.807, 2.05) is 13.8 Å². The lowest BCUT2D eigenvalue weighted by Crippen LogP contribution is -2.32. The van der Waals surface area contributed by atoms with Gasteiger partial charge in [-0.1, -0.05) is 66.8 Å². The SMILES string of the molecule is CC(C)c1cc(Oc2c(Cl)c(F)nc(N[C@@H](Cc3ccccc3Cl)C(=O)O)c2Cl)ccc1O. The highest BCUT2D eigenvalue weighted by Crippen LogP contribution is 2.42. The van der Waals surface area contributed by atoms with Gasteiger partial charge in [-0.25, -0.2) is 4.79 Å². The number of anilines is 1. The maximum Gasteiger partial charge on any atom is 0.326 e. The molecule has 3 N–H and O–H groups in total. The predicted molar refractivity (Wildman–Crippen MR) is 127 cm³/mol. The van der Waals surface area contributed by atoms with Crippen molar-refractivity contribution in [2.45, 2.75) is 32.2 Å². The monoisotopic (exact) mass is 512 g/mol. The summed E-state index contributed by atoms with van der Waals surface area (Å²) in [6, 6.07) is 10.0. The summed E-state index contributed by atoms with van der Waals surface area (Å²) in [4.78, 5) is 15.5. The highest BCUT2D eigenvalue weighted by atomic mass is 35.5. The van der Waals surface area contributed by atoms with Crippen LogP contribution in [0.2, 0.25) is 15.1 Å². The summed E-state index contributed by atoms with van der Waals surface area (Å²) in [7, 11) is 0. The van der Waals surface area contributed by atoms with Crippen LogP contribution in [-0.2, 0) is 11.2 Å². The largest absolute Gasteiger partial charge is 0.508 e. The molecule has 0 saturated carbocycles. The van der Waals surface area contributed by atoms with Gasteiger partial charge in [0.05, 0.1) is 0 Å². The second kappa shape index (κ2) is 10.5. The van der Waals surface area contributed by atoms with E-state index >= 15 is 0 Å². The van der Waals surface area contributed by atoms with Gasteiger partial charge in [0, 0.05) is 17.0 Å². The van der Waals surface area contributed by atoms with Gasteiger partial charge in [0.15, 0.2) is 11.6 Å². The molecule has 0 saturated heterocycles. The van der Waals surface area contributed by atoms with Crippen LogP contribution in [0.1, 0.15) is 30.9 Å². The van der Waals surface area contributed by atoms with E-state index in [-0.39, 0.29) is 40.4 Å². The zero-order chi connectivity index (χ0) is 24.3. The summed E-state index contributed by atoms with van der Waals surface area (Å²) < 4.78 is 20.2. The number of pyridine rings is 1. The number of halogens is 4. The first-order valence-corrected chi connectivity index (χ1v) is 11.0. The van der Waals surface area contributed by atoms with Gasteiger partial charge in [-0.15, -0.1) is 0 Å². The van der Waals surface area contributed by atoms with Crippen LogP contribution in [0.4, 0.5) is 10.2 Å². The van der Waals surface area contributed by atoms with Crippen LogP contribution in [0, 0.1) is 5.95 Å². The van der Waals surface area contributed by atoms with Crippen molar-refractivity contribution in [3.05, 3.63) is 74.6 Å². The van der Waals surface area contributed by atoms with Crippen molar-refractivity contribution in [1.29, 1.82) is 0 Å². The number of nitrogens with one attached hydrogen (secondary N) is 1. The summed E-state index contributed by atoms with van der Waals surface area (Å²) in [5.74, 6) is -2.48. The van der Waals surface area contributed by atoms with Crippen molar-refractivity contribution in [3.8, 4) is 17.2 Å². The van der Waals surface area contributed by atoms with Crippen LogP contribution in [0.5, 0.6) is 17.2 Å². The number of aliphatic carboxylic acids is 1. The first-order valence-electron chi connectivity index (χ1n) is 9.86. The third-order valence-corrected chi connectivity index (χ3v) is 5.88. The Labute approximate surface area is 204 Å². The summed E-state index contributed by atoms with van der Waals surface area (Å²) in [5, 5.41) is 22.0. The Bertz CT molecular complexity index is 1190. The zero-order valence-electron chi connectivity index (χ0n) is 17.6. The van der Waals surface area contributed by atoms with Gasteiger partial charge in [-0.05, 0) is 35.7 Å². The molecule has 0 amide bonds. The molecular weight excluding hydrogens is 494 g/mol. The number of carboxylic acid groups (broad SMARTS) is 1. The van der Waals surface area contributed by atoms with Gasteiger partial charge >= 0.3 is 5.97 Å². The Balaban J connectivity index is 1.95. The molecule has 0 aliphatic rings. The average molecular weight is 514 g/mol. The molecule has 0 aliphatic carbocycles. The number of phenols is 1. The van der Waals surface area contributed by atoms with Crippen molar-refractivity contribution in [2.24, 2.45) is 0 Å². The molecule has 0 spiro atoms. The van der Waals surface area contributed by atoms with E-state index in [4.69, 9.17) is 39.5 Å². The summed E-state index contributed by atoms with van der Waals surface area (Å²) in [5.41, 5.74) is 1.18. The lowest BCUT2D eigenvalue weighted by Gasteiger charge is -2.19. The van der Waals surface area contributed by atoms with Crippen molar-refractivity contribution in [3.63, 3.8) is 0 Å². The van der Waals surface area contributed by atoms with Gasteiger partial charge in [0.2, 0.25) is 5.95 Å². The van der Waals surface area contributed by atoms with E-state index in [9.17, 15) is 19.4 Å². The Morgan fingerprint density at radius 1 is 1.15 bits per heavy atom. The van der Waals surface area contributed by atoms with Gasteiger partial charge in [-0.2, -0.15) is 9.37 Å². The van der Waals surface area contributed by atoms with Gasteiger partial charge in [0.1, 0.15) is 27.6 Å². The fourth-order valence-electron chi connectivity index (χ4n) is 3.10. The molecule has 1 heterocycles. The lowest BCUT2D eigenvalue weighted by atomic mass is 10.0. The molecule has 6 nitrogen and oxygen atoms in total. The molecule has 1 atom stereocenters. The third kappa shape index (κ3) is 5.79. The second-order valence-electron chi connectivity index (χ2n) is 7.52. The van der Waals surface area contributed by atoms with Gasteiger partial charge in [0.25, 0.3) is 0 Å². The summed E-state index contributed by atoms with van der Waals surface area (Å²) in [6.07, 6.45) is -0.0108. The summed E-state index contributed by atoms with van der Waals surface area (Å²) >= 11 is 18.6. The molecule has 2 aromatic carbocycles. The van der Waals surface area contributed by atoms with Crippen molar-refractivity contribution in [1.82, 2.24) is 4.98 Å². The fourth-order valence-corrected chi connectivity index (χ4v) is 3.77. The number of ether oxygens (including phenoxy) is 1. The van der Waals surface area contributed by atoms with E-state index in [1.165, 1.54) is 12.1 Å². The van der Waals surface area contributed by atoms with Crippen LogP contribution >= 0.6 is 34.8 Å². The molecule has 0 fully saturated rings. The van der Waals surface area contributed by atoms with Crippen LogP contribution in [0.25, 0.3) is 0 Å². The topological polar surface area (TPSA) is 91.7 Å². The predicted octanol–water partition coefficient (Wildman–Crippen LogP) is 6.91. The number of aromatic hydroxyl groups is 1. The molecule has 0 unspecified atom stereocenters. The van der Waals surface area contributed by atoms with E-state index in [0.29, 0.717) is 16.1 Å². The van der Waals surface area contributed by atoms with Crippen molar-refractivity contribution >= 4 is 46.6 Å². The van der Waals surface area contributed by atoms with E-state index in [1.54, 1.807) is 30.3 Å². The Kier molecular flexibility index (Phi) is 7.89. The Hall–Kier alpha value is -2.74. The number of aromatic nitrogens is 1. The molecule has 3 aromatic rings. The lowest BCUT2D eigenvalue weighted by molar-refractivity contribution is -0.137. The third-order valence-electron chi connectivity index (χ3n) is 4.83. The molecule has 3 rings (SSSR count). The molecule has 0 bridgehead atoms. The fraction of sp³-hybridized carbons (Fsp3) is 0.217. The smallest absolute Gasteiger partial charge is 0.326 e. The first-order chi connectivity index (χ1) is 15.6. The molecule has 33 heavy (non-hydrogen) atoms. The summed E-state index contributed by atoms with van der Waals surface area (Å²) in [6.45, 7) is 3.77. The normalized spacial score (nSPS) is 12.0. The maximum absolute atomic E-state index is 14.5. The van der Waals surface area contributed by atoms with E-state index in [0.717, 1.165) is 0 Å². The molecule has 0 aliphatic heterocycles. The standard InChI is InChI=1S/C23H20Cl3FN2O4/c1-11(2)14-10-13(7-8-17(14)30)33-20-18(25)21(27)29-22(19(20)26)28-16(23(31)32)9-12-5-3-4-6-15(12)24/h3-8,10-11,16,30H,9H2,1-2H3,(H,28,29)(H,31,32)/t16-/m0/s1. The number of nitrogens with zero attached hydrogens (tertiary/aromatic N) is 1. The van der Waals surface area contributed by atoms with Crippen LogP contribution in [0.15, 0.2) is 42.5 Å². The first kappa shape index (κ1) is 24.9. The highest BCUT2D eigenvalue weighted by Gasteiger charge is 2.25. The van der Waals surface area contributed by atoms with Crippen LogP contribution < -0.4 is 10.1 Å². The number of carboxylic acids is 1. The number of benzene rings is 2. The maximum atomic E-state index is 14.5. The van der Waals surface area contributed by atoms with Gasteiger partial charge < -0.3 is 20.3 Å². The number of hydrogen-bond acceptors (Lipinski definition) is 5.